The van der Waals surface area contributed by atoms with E-state index in [0.717, 1.165) is 45.4 Å². The maximum atomic E-state index is 12.8. The summed E-state index contributed by atoms with van der Waals surface area (Å²) in [6, 6.07) is 2.13. The van der Waals surface area contributed by atoms with Gasteiger partial charge < -0.3 is 14.4 Å². The zero-order valence-corrected chi connectivity index (χ0v) is 13.9. The Kier molecular flexibility index (Phi) is 5.67. The Bertz CT molecular complexity index is 485. The highest BCUT2D eigenvalue weighted by Crippen LogP contribution is 2.20. The number of carbonyl (C=O) groups excluding carboxylic acids is 1. The second-order valence-electron chi connectivity index (χ2n) is 6.52. The number of hydrogen-bond donors (Lipinski definition) is 0. The molecule has 6 heteroatoms. The molecule has 2 aliphatic heterocycles. The second kappa shape index (κ2) is 7.93. The summed E-state index contributed by atoms with van der Waals surface area (Å²) >= 11 is 0. The largest absolute Gasteiger partial charge is 0.376 e. The van der Waals surface area contributed by atoms with Gasteiger partial charge in [0, 0.05) is 25.5 Å². The van der Waals surface area contributed by atoms with Gasteiger partial charge in [0.2, 0.25) is 0 Å². The zero-order valence-electron chi connectivity index (χ0n) is 13.9. The SMILES string of the molecule is CC(OCC1CCCO1)C(=O)N1CCCCC1Cn1cccn1. The molecule has 0 bridgehead atoms. The van der Waals surface area contributed by atoms with Crippen molar-refractivity contribution in [1.29, 1.82) is 0 Å². The highest BCUT2D eigenvalue weighted by molar-refractivity contribution is 5.81. The van der Waals surface area contributed by atoms with Crippen LogP contribution < -0.4 is 0 Å². The van der Waals surface area contributed by atoms with Gasteiger partial charge in [0.1, 0.15) is 6.10 Å². The van der Waals surface area contributed by atoms with Gasteiger partial charge >= 0.3 is 0 Å². The van der Waals surface area contributed by atoms with E-state index in [1.54, 1.807) is 6.20 Å². The van der Waals surface area contributed by atoms with Crippen LogP contribution >= 0.6 is 0 Å². The Morgan fingerprint density at radius 2 is 2.30 bits per heavy atom. The molecule has 23 heavy (non-hydrogen) atoms. The number of piperidine rings is 1. The summed E-state index contributed by atoms with van der Waals surface area (Å²) in [6.45, 7) is 4.77. The molecule has 3 unspecified atom stereocenters. The first-order valence-corrected chi connectivity index (χ1v) is 8.75. The molecular formula is C17H27N3O3. The summed E-state index contributed by atoms with van der Waals surface area (Å²) in [7, 11) is 0. The normalized spacial score (nSPS) is 26.4. The van der Waals surface area contributed by atoms with Gasteiger partial charge in [-0.1, -0.05) is 0 Å². The van der Waals surface area contributed by atoms with Crippen LogP contribution in [0.25, 0.3) is 0 Å². The molecule has 0 aliphatic carbocycles. The topological polar surface area (TPSA) is 56.6 Å². The van der Waals surface area contributed by atoms with E-state index in [0.29, 0.717) is 6.61 Å². The second-order valence-corrected chi connectivity index (χ2v) is 6.52. The molecule has 2 fully saturated rings. The lowest BCUT2D eigenvalue weighted by Crippen LogP contribution is -2.50. The quantitative estimate of drug-likeness (QED) is 0.802. The molecule has 128 valence electrons. The molecule has 1 aromatic rings. The van der Waals surface area contributed by atoms with E-state index in [4.69, 9.17) is 9.47 Å². The molecule has 3 heterocycles. The summed E-state index contributed by atoms with van der Waals surface area (Å²) in [5.74, 6) is 0.0971. The number of hydrogen-bond acceptors (Lipinski definition) is 4. The lowest BCUT2D eigenvalue weighted by atomic mass is 10.0. The average Bonchev–Trinajstić information content (AvgIpc) is 3.26. The van der Waals surface area contributed by atoms with Gasteiger partial charge in [0.15, 0.2) is 0 Å². The molecule has 0 N–H and O–H groups in total. The number of aromatic nitrogens is 2. The van der Waals surface area contributed by atoms with E-state index < -0.39 is 6.10 Å². The molecule has 3 atom stereocenters. The third-order valence-electron chi connectivity index (χ3n) is 4.77. The van der Waals surface area contributed by atoms with E-state index in [2.05, 4.69) is 5.10 Å². The minimum atomic E-state index is -0.405. The first kappa shape index (κ1) is 16.5. The van der Waals surface area contributed by atoms with Gasteiger partial charge in [-0.15, -0.1) is 0 Å². The Hall–Kier alpha value is -1.40. The van der Waals surface area contributed by atoms with Crippen LogP contribution in [-0.2, 0) is 20.8 Å². The van der Waals surface area contributed by atoms with Gasteiger partial charge in [0.25, 0.3) is 5.91 Å². The number of carbonyl (C=O) groups is 1. The zero-order chi connectivity index (χ0) is 16.1. The monoisotopic (exact) mass is 321 g/mol. The molecule has 0 spiro atoms. The molecule has 1 aromatic heterocycles. The minimum absolute atomic E-state index is 0.0971. The number of rotatable bonds is 6. The lowest BCUT2D eigenvalue weighted by molar-refractivity contribution is -0.148. The van der Waals surface area contributed by atoms with E-state index in [-0.39, 0.29) is 18.1 Å². The van der Waals surface area contributed by atoms with Crippen molar-refractivity contribution < 1.29 is 14.3 Å². The standard InChI is InChI=1S/C17H27N3O3/c1-14(23-13-16-7-4-11-22-16)17(21)20-10-3-2-6-15(20)12-19-9-5-8-18-19/h5,8-9,14-16H,2-4,6-7,10-13H2,1H3. The van der Waals surface area contributed by atoms with Crippen LogP contribution in [0.5, 0.6) is 0 Å². The van der Waals surface area contributed by atoms with Crippen LogP contribution in [0.1, 0.15) is 39.0 Å². The Balaban J connectivity index is 1.54. The van der Waals surface area contributed by atoms with Gasteiger partial charge in [-0.25, -0.2) is 0 Å². The van der Waals surface area contributed by atoms with Crippen LogP contribution in [0.3, 0.4) is 0 Å². The van der Waals surface area contributed by atoms with Crippen molar-refractivity contribution in [2.75, 3.05) is 19.8 Å². The molecule has 2 aliphatic rings. The van der Waals surface area contributed by atoms with Crippen LogP contribution in [0.2, 0.25) is 0 Å². The number of ether oxygens (including phenoxy) is 2. The smallest absolute Gasteiger partial charge is 0.251 e. The molecule has 6 nitrogen and oxygen atoms in total. The maximum Gasteiger partial charge on any atom is 0.251 e. The minimum Gasteiger partial charge on any atom is -0.376 e. The fourth-order valence-electron chi connectivity index (χ4n) is 3.44. The van der Waals surface area contributed by atoms with Gasteiger partial charge in [-0.3, -0.25) is 9.48 Å². The van der Waals surface area contributed by atoms with Crippen molar-refractivity contribution in [2.45, 2.75) is 63.8 Å². The maximum absolute atomic E-state index is 12.8. The fourth-order valence-corrected chi connectivity index (χ4v) is 3.44. The number of amides is 1. The Labute approximate surface area is 137 Å². The van der Waals surface area contributed by atoms with Crippen molar-refractivity contribution in [3.05, 3.63) is 18.5 Å². The van der Waals surface area contributed by atoms with Crippen molar-refractivity contribution in [1.82, 2.24) is 14.7 Å². The lowest BCUT2D eigenvalue weighted by Gasteiger charge is -2.37. The van der Waals surface area contributed by atoms with Crippen LogP contribution in [0, 0.1) is 0 Å². The molecule has 0 saturated carbocycles. The Morgan fingerprint density at radius 1 is 1.39 bits per heavy atom. The summed E-state index contributed by atoms with van der Waals surface area (Å²) in [4.78, 5) is 14.8. The van der Waals surface area contributed by atoms with Crippen molar-refractivity contribution in [3.8, 4) is 0 Å². The fraction of sp³-hybridized carbons (Fsp3) is 0.765. The van der Waals surface area contributed by atoms with Crippen molar-refractivity contribution in [2.24, 2.45) is 0 Å². The first-order chi connectivity index (χ1) is 11.2. The third kappa shape index (κ3) is 4.32. The van der Waals surface area contributed by atoms with Gasteiger partial charge in [0.05, 0.1) is 25.3 Å². The summed E-state index contributed by atoms with van der Waals surface area (Å²) < 4.78 is 13.3. The third-order valence-corrected chi connectivity index (χ3v) is 4.77. The average molecular weight is 321 g/mol. The number of likely N-dealkylation sites (tertiary alicyclic amines) is 1. The highest BCUT2D eigenvalue weighted by atomic mass is 16.5. The van der Waals surface area contributed by atoms with Crippen LogP contribution in [-0.4, -0.2) is 58.6 Å². The van der Waals surface area contributed by atoms with E-state index in [1.807, 2.05) is 28.8 Å². The molecule has 1 amide bonds. The molecular weight excluding hydrogens is 294 g/mol. The summed E-state index contributed by atoms with van der Waals surface area (Å²) in [6.07, 6.45) is 8.88. The molecule has 0 aromatic carbocycles. The van der Waals surface area contributed by atoms with Crippen LogP contribution in [0.4, 0.5) is 0 Å². The van der Waals surface area contributed by atoms with Crippen molar-refractivity contribution in [3.63, 3.8) is 0 Å². The van der Waals surface area contributed by atoms with Gasteiger partial charge in [-0.05, 0) is 45.1 Å². The van der Waals surface area contributed by atoms with E-state index in [9.17, 15) is 4.79 Å². The predicted molar refractivity (Wildman–Crippen MR) is 86.0 cm³/mol. The van der Waals surface area contributed by atoms with E-state index in [1.165, 1.54) is 6.42 Å². The highest BCUT2D eigenvalue weighted by Gasteiger charge is 2.31. The summed E-state index contributed by atoms with van der Waals surface area (Å²) in [5.41, 5.74) is 0. The molecule has 3 rings (SSSR count). The molecule has 0 radical (unpaired) electrons. The van der Waals surface area contributed by atoms with E-state index >= 15 is 0 Å². The molecule has 2 saturated heterocycles. The summed E-state index contributed by atoms with van der Waals surface area (Å²) in [5, 5.41) is 4.27. The Morgan fingerprint density at radius 3 is 3.04 bits per heavy atom. The number of nitrogens with zero attached hydrogens (tertiary/aromatic N) is 3. The van der Waals surface area contributed by atoms with Crippen LogP contribution in [0.15, 0.2) is 18.5 Å². The van der Waals surface area contributed by atoms with Gasteiger partial charge in [-0.2, -0.15) is 5.10 Å². The van der Waals surface area contributed by atoms with Crippen molar-refractivity contribution >= 4 is 5.91 Å². The first-order valence-electron chi connectivity index (χ1n) is 8.75. The predicted octanol–water partition coefficient (Wildman–Crippen LogP) is 1.85.